The van der Waals surface area contributed by atoms with Crippen molar-refractivity contribution in [3.63, 3.8) is 0 Å². The molecule has 1 aliphatic rings. The first-order chi connectivity index (χ1) is 22.4. The molecule has 0 amide bonds. The summed E-state index contributed by atoms with van der Waals surface area (Å²) in [4.78, 5) is 5.19. The third-order valence-corrected chi connectivity index (χ3v) is 10.3. The topological polar surface area (TPSA) is 6.48 Å². The van der Waals surface area contributed by atoms with Crippen molar-refractivity contribution >= 4 is 5.69 Å². The number of unbranched alkanes of at least 4 members (excludes halogenated alkanes) is 28. The van der Waals surface area contributed by atoms with E-state index in [0.717, 1.165) is 0 Å². The standard InChI is InChI=1S/C43H78N2/c1-3-5-7-9-11-13-15-17-19-20-22-24-26-28-30-35-39-44-40-41-45(42-36-32-31-33-37-42)43(44)38-34-29-27-25-23-21-18-16-14-12-10-8-6-4-2/h31-33,36-37,40-41,43H,3-30,34-35,38-39H2,1-2H3. The van der Waals surface area contributed by atoms with Crippen molar-refractivity contribution in [3.05, 3.63) is 42.7 Å². The molecule has 0 aromatic heterocycles. The van der Waals surface area contributed by atoms with Gasteiger partial charge in [-0.15, -0.1) is 0 Å². The van der Waals surface area contributed by atoms with Gasteiger partial charge in [-0.2, -0.15) is 0 Å². The average Bonchev–Trinajstić information content (AvgIpc) is 3.47. The minimum absolute atomic E-state index is 0.501. The van der Waals surface area contributed by atoms with Gasteiger partial charge in [0, 0.05) is 24.6 Å². The molecule has 2 heteroatoms. The summed E-state index contributed by atoms with van der Waals surface area (Å²) in [6, 6.07) is 11.1. The first-order valence-corrected chi connectivity index (χ1v) is 20.6. The number of para-hydroxylation sites is 1. The molecule has 0 aliphatic carbocycles. The molecular formula is C43H78N2. The van der Waals surface area contributed by atoms with Gasteiger partial charge in [0.25, 0.3) is 0 Å². The van der Waals surface area contributed by atoms with Gasteiger partial charge >= 0.3 is 0 Å². The Bertz CT molecular complexity index is 758. The van der Waals surface area contributed by atoms with Gasteiger partial charge in [0.05, 0.1) is 0 Å². The van der Waals surface area contributed by atoms with Crippen LogP contribution < -0.4 is 4.90 Å². The summed E-state index contributed by atoms with van der Waals surface area (Å²) in [5.74, 6) is 0. The number of nitrogens with zero attached hydrogens (tertiary/aromatic N) is 2. The van der Waals surface area contributed by atoms with Gasteiger partial charge in [0.2, 0.25) is 0 Å². The van der Waals surface area contributed by atoms with E-state index in [-0.39, 0.29) is 0 Å². The number of rotatable bonds is 33. The highest BCUT2D eigenvalue weighted by Crippen LogP contribution is 2.28. The fourth-order valence-corrected chi connectivity index (χ4v) is 7.27. The summed E-state index contributed by atoms with van der Waals surface area (Å²) >= 11 is 0. The number of anilines is 1. The fraction of sp³-hybridized carbons (Fsp3) is 0.814. The molecular weight excluding hydrogens is 544 g/mol. The quantitative estimate of drug-likeness (QED) is 0.0720. The largest absolute Gasteiger partial charge is 0.356 e. The molecule has 260 valence electrons. The van der Waals surface area contributed by atoms with Crippen molar-refractivity contribution in [2.45, 2.75) is 219 Å². The highest BCUT2D eigenvalue weighted by molar-refractivity contribution is 5.51. The lowest BCUT2D eigenvalue weighted by molar-refractivity contribution is 0.273. The lowest BCUT2D eigenvalue weighted by Crippen LogP contribution is -2.39. The van der Waals surface area contributed by atoms with Crippen LogP contribution in [0.15, 0.2) is 42.7 Å². The van der Waals surface area contributed by atoms with Gasteiger partial charge in [0.1, 0.15) is 6.17 Å². The van der Waals surface area contributed by atoms with Crippen LogP contribution in [0.4, 0.5) is 5.69 Å². The van der Waals surface area contributed by atoms with E-state index in [4.69, 9.17) is 0 Å². The molecule has 2 rings (SSSR count). The average molecular weight is 623 g/mol. The molecule has 0 saturated heterocycles. The van der Waals surface area contributed by atoms with Crippen molar-refractivity contribution in [2.24, 2.45) is 0 Å². The van der Waals surface area contributed by atoms with Crippen LogP contribution in [-0.4, -0.2) is 17.6 Å². The zero-order valence-corrected chi connectivity index (χ0v) is 30.6. The summed E-state index contributed by atoms with van der Waals surface area (Å²) < 4.78 is 0. The number of benzene rings is 1. The normalized spacial score (nSPS) is 14.7. The summed E-state index contributed by atoms with van der Waals surface area (Å²) in [7, 11) is 0. The molecule has 0 radical (unpaired) electrons. The zero-order valence-electron chi connectivity index (χ0n) is 30.6. The highest BCUT2D eigenvalue weighted by Gasteiger charge is 2.26. The minimum atomic E-state index is 0.501. The Morgan fingerprint density at radius 1 is 0.400 bits per heavy atom. The SMILES string of the molecule is CCCCCCCCCCCCCCCCCCN1C=CN(c2ccccc2)C1CCCCCCCCCCCCCCCC. The van der Waals surface area contributed by atoms with Crippen molar-refractivity contribution in [3.8, 4) is 0 Å². The second-order valence-electron chi connectivity index (χ2n) is 14.4. The molecule has 1 unspecified atom stereocenters. The summed E-state index contributed by atoms with van der Waals surface area (Å²) in [5.41, 5.74) is 1.35. The van der Waals surface area contributed by atoms with Crippen molar-refractivity contribution < 1.29 is 0 Å². The molecule has 1 atom stereocenters. The molecule has 1 aromatic carbocycles. The third kappa shape index (κ3) is 21.1. The maximum Gasteiger partial charge on any atom is 0.105 e. The second-order valence-corrected chi connectivity index (χ2v) is 14.4. The Morgan fingerprint density at radius 3 is 1.16 bits per heavy atom. The molecule has 0 spiro atoms. The predicted molar refractivity (Wildman–Crippen MR) is 203 cm³/mol. The maximum atomic E-state index is 2.65. The first kappa shape index (κ1) is 39.7. The number of hydrogen-bond donors (Lipinski definition) is 0. The Morgan fingerprint density at radius 2 is 0.756 bits per heavy atom. The zero-order chi connectivity index (χ0) is 31.9. The van der Waals surface area contributed by atoms with Crippen LogP contribution in [-0.2, 0) is 0 Å². The molecule has 45 heavy (non-hydrogen) atoms. The lowest BCUT2D eigenvalue weighted by Gasteiger charge is -2.33. The smallest absolute Gasteiger partial charge is 0.105 e. The van der Waals surface area contributed by atoms with E-state index in [2.05, 4.69) is 66.4 Å². The summed E-state index contributed by atoms with van der Waals surface area (Å²) in [5, 5.41) is 0. The Hall–Kier alpha value is -1.44. The van der Waals surface area contributed by atoms with Gasteiger partial charge in [-0.25, -0.2) is 0 Å². The van der Waals surface area contributed by atoms with Crippen LogP contribution in [0.3, 0.4) is 0 Å². The molecule has 1 aliphatic heterocycles. The van der Waals surface area contributed by atoms with E-state index < -0.39 is 0 Å². The van der Waals surface area contributed by atoms with Gasteiger partial charge in [-0.3, -0.25) is 0 Å². The molecule has 1 heterocycles. The third-order valence-electron chi connectivity index (χ3n) is 10.3. The molecule has 2 nitrogen and oxygen atoms in total. The van der Waals surface area contributed by atoms with Crippen LogP contribution in [0.2, 0.25) is 0 Å². The molecule has 0 fully saturated rings. The van der Waals surface area contributed by atoms with Gasteiger partial charge in [-0.1, -0.05) is 212 Å². The minimum Gasteiger partial charge on any atom is -0.356 e. The van der Waals surface area contributed by atoms with Crippen molar-refractivity contribution in [2.75, 3.05) is 11.4 Å². The van der Waals surface area contributed by atoms with Crippen LogP contribution in [0.5, 0.6) is 0 Å². The molecule has 0 bridgehead atoms. The highest BCUT2D eigenvalue weighted by atomic mass is 15.4. The molecule has 0 N–H and O–H groups in total. The lowest BCUT2D eigenvalue weighted by atomic mass is 10.0. The van der Waals surface area contributed by atoms with Crippen molar-refractivity contribution in [1.29, 1.82) is 0 Å². The van der Waals surface area contributed by atoms with Gasteiger partial charge in [0.15, 0.2) is 0 Å². The van der Waals surface area contributed by atoms with Gasteiger partial charge in [-0.05, 0) is 31.4 Å². The van der Waals surface area contributed by atoms with E-state index in [9.17, 15) is 0 Å². The fourth-order valence-electron chi connectivity index (χ4n) is 7.27. The Kier molecular flexibility index (Phi) is 26.4. The molecule has 1 aromatic rings. The Balaban J connectivity index is 1.50. The summed E-state index contributed by atoms with van der Waals surface area (Å²) in [6.07, 6.45) is 49.6. The summed E-state index contributed by atoms with van der Waals surface area (Å²) in [6.45, 7) is 5.83. The first-order valence-electron chi connectivity index (χ1n) is 20.6. The molecule has 0 saturated carbocycles. The van der Waals surface area contributed by atoms with Crippen LogP contribution >= 0.6 is 0 Å². The monoisotopic (exact) mass is 623 g/mol. The van der Waals surface area contributed by atoms with Crippen LogP contribution in [0.1, 0.15) is 213 Å². The van der Waals surface area contributed by atoms with Crippen LogP contribution in [0.25, 0.3) is 0 Å². The van der Waals surface area contributed by atoms with E-state index in [1.807, 2.05) is 0 Å². The second kappa shape index (κ2) is 29.9. The van der Waals surface area contributed by atoms with E-state index in [1.54, 1.807) is 0 Å². The maximum absolute atomic E-state index is 2.65. The van der Waals surface area contributed by atoms with Crippen molar-refractivity contribution in [1.82, 2.24) is 4.90 Å². The predicted octanol–water partition coefficient (Wildman–Crippen LogP) is 14.7. The van der Waals surface area contributed by atoms with E-state index in [1.165, 1.54) is 211 Å². The van der Waals surface area contributed by atoms with E-state index >= 15 is 0 Å². The van der Waals surface area contributed by atoms with E-state index in [0.29, 0.717) is 6.17 Å². The van der Waals surface area contributed by atoms with Crippen LogP contribution in [0, 0.1) is 0 Å². The van der Waals surface area contributed by atoms with Gasteiger partial charge < -0.3 is 9.80 Å². The number of hydrogen-bond acceptors (Lipinski definition) is 2. The Labute approximate surface area is 283 Å².